The Bertz CT molecular complexity index is 455. The third kappa shape index (κ3) is 2.70. The second-order valence-corrected chi connectivity index (χ2v) is 4.47. The van der Waals surface area contributed by atoms with Gasteiger partial charge in [0.05, 0.1) is 6.26 Å². The summed E-state index contributed by atoms with van der Waals surface area (Å²) in [5.41, 5.74) is 0.627. The lowest BCUT2D eigenvalue weighted by atomic mass is 10.1. The first-order chi connectivity index (χ1) is 8.58. The maximum Gasteiger partial charge on any atom is 0.372 e. The molecule has 1 saturated heterocycles. The molecule has 6 nitrogen and oxygen atoms in total. The molecule has 2 rings (SSSR count). The molecular formula is C12H16N2O4. The van der Waals surface area contributed by atoms with Gasteiger partial charge in [0.15, 0.2) is 0 Å². The molecule has 0 aromatic carbocycles. The first-order valence-electron chi connectivity index (χ1n) is 5.85. The third-order valence-electron chi connectivity index (χ3n) is 3.15. The van der Waals surface area contributed by atoms with Gasteiger partial charge in [0.2, 0.25) is 11.7 Å². The molecule has 1 atom stereocenters. The van der Waals surface area contributed by atoms with E-state index in [1.165, 1.54) is 6.26 Å². The van der Waals surface area contributed by atoms with Crippen molar-refractivity contribution in [2.45, 2.75) is 25.4 Å². The molecule has 0 spiro atoms. The molecule has 1 fully saturated rings. The minimum Gasteiger partial charge on any atom is -0.475 e. The first kappa shape index (κ1) is 12.6. The highest BCUT2D eigenvalue weighted by Crippen LogP contribution is 2.13. The molecule has 0 saturated carbocycles. The minimum absolute atomic E-state index is 0.0252. The number of nitrogens with one attached hydrogen (secondary N) is 1. The second kappa shape index (κ2) is 5.22. The van der Waals surface area contributed by atoms with E-state index in [1.54, 1.807) is 18.0 Å². The van der Waals surface area contributed by atoms with Crippen LogP contribution in [0.15, 0.2) is 16.7 Å². The number of piperidine rings is 1. The molecule has 98 valence electrons. The molecule has 1 aliphatic rings. The molecule has 2 N–H and O–H groups in total. The molecule has 6 heteroatoms. The van der Waals surface area contributed by atoms with Crippen LogP contribution in [0.3, 0.4) is 0 Å². The lowest BCUT2D eigenvalue weighted by Gasteiger charge is -2.30. The first-order valence-corrected chi connectivity index (χ1v) is 5.85. The van der Waals surface area contributed by atoms with E-state index in [-0.39, 0.29) is 17.7 Å². The van der Waals surface area contributed by atoms with E-state index in [2.05, 4.69) is 5.32 Å². The van der Waals surface area contributed by atoms with Gasteiger partial charge in [0, 0.05) is 38.2 Å². The van der Waals surface area contributed by atoms with Crippen LogP contribution in [0, 0.1) is 0 Å². The number of carbonyl (C=O) groups is 2. The van der Waals surface area contributed by atoms with E-state index in [0.29, 0.717) is 25.1 Å². The van der Waals surface area contributed by atoms with E-state index in [4.69, 9.17) is 9.52 Å². The molecule has 1 aromatic heterocycles. The van der Waals surface area contributed by atoms with Gasteiger partial charge >= 0.3 is 5.97 Å². The molecule has 2 heterocycles. The Morgan fingerprint density at radius 3 is 3.11 bits per heavy atom. The van der Waals surface area contributed by atoms with Crippen molar-refractivity contribution in [3.05, 3.63) is 23.7 Å². The van der Waals surface area contributed by atoms with Crippen molar-refractivity contribution in [2.75, 3.05) is 13.6 Å². The van der Waals surface area contributed by atoms with Crippen molar-refractivity contribution < 1.29 is 19.1 Å². The summed E-state index contributed by atoms with van der Waals surface area (Å²) in [7, 11) is 1.77. The highest BCUT2D eigenvalue weighted by molar-refractivity contribution is 5.86. The third-order valence-corrected chi connectivity index (χ3v) is 3.15. The Labute approximate surface area is 105 Å². The average molecular weight is 252 g/mol. The van der Waals surface area contributed by atoms with Crippen LogP contribution < -0.4 is 5.32 Å². The fraction of sp³-hybridized carbons (Fsp3) is 0.500. The number of hydrogen-bond acceptors (Lipinski definition) is 4. The number of amides is 1. The summed E-state index contributed by atoms with van der Waals surface area (Å²) in [6.45, 7) is 1.09. The van der Waals surface area contributed by atoms with Crippen LogP contribution in [-0.2, 0) is 11.3 Å². The van der Waals surface area contributed by atoms with Crippen LogP contribution in [0.4, 0.5) is 0 Å². The Morgan fingerprint density at radius 2 is 2.44 bits per heavy atom. The maximum atomic E-state index is 11.3. The van der Waals surface area contributed by atoms with Gasteiger partial charge in [-0.25, -0.2) is 4.79 Å². The number of carboxylic acid groups (broad SMARTS) is 1. The number of furan rings is 1. The summed E-state index contributed by atoms with van der Waals surface area (Å²) in [6, 6.07) is 1.85. The smallest absolute Gasteiger partial charge is 0.372 e. The van der Waals surface area contributed by atoms with E-state index >= 15 is 0 Å². The zero-order valence-corrected chi connectivity index (χ0v) is 10.2. The van der Waals surface area contributed by atoms with Gasteiger partial charge in [-0.1, -0.05) is 0 Å². The van der Waals surface area contributed by atoms with Crippen molar-refractivity contribution in [1.82, 2.24) is 10.2 Å². The highest BCUT2D eigenvalue weighted by Gasteiger charge is 2.23. The highest BCUT2D eigenvalue weighted by atomic mass is 16.4. The average Bonchev–Trinajstić information content (AvgIpc) is 2.79. The van der Waals surface area contributed by atoms with Crippen molar-refractivity contribution in [2.24, 2.45) is 0 Å². The number of likely N-dealkylation sites (tertiary alicyclic amines) is 1. The monoisotopic (exact) mass is 252 g/mol. The van der Waals surface area contributed by atoms with Crippen molar-refractivity contribution in [3.63, 3.8) is 0 Å². The fourth-order valence-corrected chi connectivity index (χ4v) is 2.10. The summed E-state index contributed by atoms with van der Waals surface area (Å²) in [5, 5.41) is 12.1. The second-order valence-electron chi connectivity index (χ2n) is 4.47. The number of aromatic carboxylic acids is 1. The zero-order valence-electron chi connectivity index (χ0n) is 10.2. The van der Waals surface area contributed by atoms with Gasteiger partial charge < -0.3 is 19.7 Å². The zero-order chi connectivity index (χ0) is 13.1. The van der Waals surface area contributed by atoms with Crippen LogP contribution in [-0.4, -0.2) is 41.5 Å². The van der Waals surface area contributed by atoms with Crippen molar-refractivity contribution in [1.29, 1.82) is 0 Å². The lowest BCUT2D eigenvalue weighted by molar-refractivity contribution is -0.132. The van der Waals surface area contributed by atoms with Gasteiger partial charge in [-0.05, 0) is 12.5 Å². The van der Waals surface area contributed by atoms with Gasteiger partial charge in [0.25, 0.3) is 0 Å². The summed E-state index contributed by atoms with van der Waals surface area (Å²) >= 11 is 0. The van der Waals surface area contributed by atoms with E-state index in [0.717, 1.165) is 6.42 Å². The standard InChI is InChI=1S/C12H16N2O4/c1-14-7-9(2-3-10(14)15)13-6-8-4-5-18-11(8)12(16)17/h4-5,9,13H,2-3,6-7H2,1H3,(H,16,17). The number of carboxylic acids is 1. The van der Waals surface area contributed by atoms with Crippen molar-refractivity contribution >= 4 is 11.9 Å². The minimum atomic E-state index is -1.06. The Hall–Kier alpha value is -1.82. The van der Waals surface area contributed by atoms with E-state index in [9.17, 15) is 9.59 Å². The quantitative estimate of drug-likeness (QED) is 0.823. The predicted octanol–water partition coefficient (Wildman–Crippen LogP) is 0.688. The molecule has 1 unspecified atom stereocenters. The van der Waals surface area contributed by atoms with Gasteiger partial charge in [-0.3, -0.25) is 4.79 Å². The summed E-state index contributed by atoms with van der Waals surface area (Å²) in [4.78, 5) is 23.9. The Kier molecular flexibility index (Phi) is 3.66. The molecule has 1 aromatic rings. The fourth-order valence-electron chi connectivity index (χ4n) is 2.10. The number of carbonyl (C=O) groups excluding carboxylic acids is 1. The molecule has 0 radical (unpaired) electrons. The maximum absolute atomic E-state index is 11.3. The van der Waals surface area contributed by atoms with Crippen LogP contribution in [0.2, 0.25) is 0 Å². The number of hydrogen-bond donors (Lipinski definition) is 2. The Morgan fingerprint density at radius 1 is 1.67 bits per heavy atom. The SMILES string of the molecule is CN1CC(NCc2ccoc2C(=O)O)CCC1=O. The summed E-state index contributed by atoms with van der Waals surface area (Å²) in [5.74, 6) is -0.932. The van der Waals surface area contributed by atoms with Crippen LogP contribution >= 0.6 is 0 Å². The van der Waals surface area contributed by atoms with E-state index in [1.807, 2.05) is 0 Å². The molecule has 0 bridgehead atoms. The summed E-state index contributed by atoms with van der Waals surface area (Å²) < 4.78 is 4.90. The van der Waals surface area contributed by atoms with Gasteiger partial charge in [-0.15, -0.1) is 0 Å². The Balaban J connectivity index is 1.90. The largest absolute Gasteiger partial charge is 0.475 e. The molecule has 1 aliphatic heterocycles. The number of likely N-dealkylation sites (N-methyl/N-ethyl adjacent to an activating group) is 1. The topological polar surface area (TPSA) is 82.8 Å². The van der Waals surface area contributed by atoms with E-state index < -0.39 is 5.97 Å². The normalized spacial score (nSPS) is 20.2. The number of rotatable bonds is 4. The lowest BCUT2D eigenvalue weighted by Crippen LogP contribution is -2.46. The van der Waals surface area contributed by atoms with Crippen LogP contribution in [0.25, 0.3) is 0 Å². The van der Waals surface area contributed by atoms with Gasteiger partial charge in [0.1, 0.15) is 0 Å². The molecular weight excluding hydrogens is 236 g/mol. The molecule has 0 aliphatic carbocycles. The molecule has 1 amide bonds. The van der Waals surface area contributed by atoms with Crippen LogP contribution in [0.5, 0.6) is 0 Å². The van der Waals surface area contributed by atoms with Crippen LogP contribution in [0.1, 0.15) is 29.0 Å². The molecule has 18 heavy (non-hydrogen) atoms. The number of nitrogens with zero attached hydrogens (tertiary/aromatic N) is 1. The van der Waals surface area contributed by atoms with Crippen molar-refractivity contribution in [3.8, 4) is 0 Å². The van der Waals surface area contributed by atoms with Gasteiger partial charge in [-0.2, -0.15) is 0 Å². The predicted molar refractivity (Wildman–Crippen MR) is 63.2 cm³/mol. The summed E-state index contributed by atoms with van der Waals surface area (Å²) in [6.07, 6.45) is 2.69.